The maximum absolute atomic E-state index is 13.2. The van der Waals surface area contributed by atoms with E-state index >= 15 is 0 Å². The van der Waals surface area contributed by atoms with Gasteiger partial charge in [0.15, 0.2) is 0 Å². The van der Waals surface area contributed by atoms with Crippen LogP contribution in [0.1, 0.15) is 25.7 Å². The Hall–Kier alpha value is -3.06. The Morgan fingerprint density at radius 3 is 2.61 bits per heavy atom. The molecule has 1 aliphatic rings. The maximum atomic E-state index is 13.2. The second kappa shape index (κ2) is 10.3. The molecule has 1 fully saturated rings. The number of hydrogen-bond donors (Lipinski definition) is 3. The number of rotatable bonds is 6. The average Bonchev–Trinajstić information content (AvgIpc) is 2.80. The van der Waals surface area contributed by atoms with E-state index in [1.165, 1.54) is 18.2 Å². The van der Waals surface area contributed by atoms with E-state index < -0.39 is 5.82 Å². The molecule has 33 heavy (non-hydrogen) atoms. The highest BCUT2D eigenvalue weighted by molar-refractivity contribution is 6.31. The Bertz CT molecular complexity index is 1130. The number of hydrogen-bond acceptors (Lipinski definition) is 4. The van der Waals surface area contributed by atoms with Gasteiger partial charge in [-0.3, -0.25) is 0 Å². The van der Waals surface area contributed by atoms with E-state index in [2.05, 4.69) is 33.0 Å². The number of urea groups is 1. The summed E-state index contributed by atoms with van der Waals surface area (Å²) in [5.74, 6) is 0.814. The van der Waals surface area contributed by atoms with Gasteiger partial charge in [-0.1, -0.05) is 29.8 Å². The zero-order valence-electron chi connectivity index (χ0n) is 18.9. The smallest absolute Gasteiger partial charge is 0.319 e. The summed E-state index contributed by atoms with van der Waals surface area (Å²) in [6.45, 7) is 0.604. The van der Waals surface area contributed by atoms with Gasteiger partial charge in [0.1, 0.15) is 11.6 Å². The van der Waals surface area contributed by atoms with Crippen LogP contribution in [0.15, 0.2) is 48.5 Å². The Balaban J connectivity index is 1.27. The normalized spacial score (nSPS) is 18.1. The molecule has 8 heteroatoms. The molecular weight excluding hydrogens is 441 g/mol. The van der Waals surface area contributed by atoms with Crippen LogP contribution in [-0.4, -0.2) is 37.7 Å². The molecule has 0 bridgehead atoms. The van der Waals surface area contributed by atoms with Gasteiger partial charge in [-0.25, -0.2) is 14.2 Å². The standard InChI is InChI=1S/C25H29ClFN5O/c1-32(2)23-14-24(31-22-6-4-3-5-19(22)23)29-17-9-7-16(8-10-17)15-28-25(33)30-18-11-12-21(27)20(26)13-18/h3-6,11-14,16-17H,7-10,15H2,1-2H3,(H,29,31)(H2,28,30,33). The van der Waals surface area contributed by atoms with Gasteiger partial charge < -0.3 is 20.9 Å². The summed E-state index contributed by atoms with van der Waals surface area (Å²) in [7, 11) is 4.09. The first-order valence-electron chi connectivity index (χ1n) is 11.2. The fraction of sp³-hybridized carbons (Fsp3) is 0.360. The van der Waals surface area contributed by atoms with E-state index in [9.17, 15) is 9.18 Å². The Morgan fingerprint density at radius 2 is 1.88 bits per heavy atom. The first kappa shape index (κ1) is 23.1. The molecule has 2 amide bonds. The SMILES string of the molecule is CN(C)c1cc(NC2CCC(CNC(=O)Nc3ccc(F)c(Cl)c3)CC2)nc2ccccc12. The predicted molar refractivity (Wildman–Crippen MR) is 134 cm³/mol. The zero-order chi connectivity index (χ0) is 23.4. The van der Waals surface area contributed by atoms with Gasteiger partial charge in [0.2, 0.25) is 0 Å². The second-order valence-corrected chi connectivity index (χ2v) is 9.17. The molecule has 4 rings (SSSR count). The van der Waals surface area contributed by atoms with Gasteiger partial charge >= 0.3 is 6.03 Å². The molecule has 0 aliphatic heterocycles. The third-order valence-electron chi connectivity index (χ3n) is 6.10. The van der Waals surface area contributed by atoms with Crippen LogP contribution in [-0.2, 0) is 0 Å². The molecule has 0 unspecified atom stereocenters. The molecule has 0 saturated heterocycles. The number of pyridine rings is 1. The van der Waals surface area contributed by atoms with Crippen LogP contribution >= 0.6 is 11.6 Å². The van der Waals surface area contributed by atoms with E-state index in [1.54, 1.807) is 0 Å². The van der Waals surface area contributed by atoms with E-state index in [-0.39, 0.29) is 11.1 Å². The van der Waals surface area contributed by atoms with E-state index in [4.69, 9.17) is 16.6 Å². The number of anilines is 3. The topological polar surface area (TPSA) is 69.3 Å². The molecule has 0 radical (unpaired) electrons. The van der Waals surface area contributed by atoms with Crippen molar-refractivity contribution >= 4 is 45.7 Å². The Labute approximate surface area is 198 Å². The summed E-state index contributed by atoms with van der Waals surface area (Å²) < 4.78 is 13.2. The Morgan fingerprint density at radius 1 is 1.12 bits per heavy atom. The third kappa shape index (κ3) is 5.85. The number of halogens is 2. The van der Waals surface area contributed by atoms with Crippen molar-refractivity contribution in [3.8, 4) is 0 Å². The van der Waals surface area contributed by atoms with Crippen molar-refractivity contribution in [2.75, 3.05) is 36.2 Å². The monoisotopic (exact) mass is 469 g/mol. The molecule has 1 aliphatic carbocycles. The lowest BCUT2D eigenvalue weighted by atomic mass is 9.86. The summed E-state index contributed by atoms with van der Waals surface area (Å²) in [5.41, 5.74) is 2.60. The van der Waals surface area contributed by atoms with E-state index in [0.717, 1.165) is 48.1 Å². The number of aromatic nitrogens is 1. The van der Waals surface area contributed by atoms with Crippen molar-refractivity contribution in [1.29, 1.82) is 0 Å². The number of para-hydroxylation sites is 1. The summed E-state index contributed by atoms with van der Waals surface area (Å²) >= 11 is 5.76. The Kier molecular flexibility index (Phi) is 7.18. The van der Waals surface area contributed by atoms with Gasteiger partial charge in [0.25, 0.3) is 0 Å². The highest BCUT2D eigenvalue weighted by atomic mass is 35.5. The van der Waals surface area contributed by atoms with E-state index in [0.29, 0.717) is 24.2 Å². The molecule has 174 valence electrons. The number of nitrogens with zero attached hydrogens (tertiary/aromatic N) is 2. The summed E-state index contributed by atoms with van der Waals surface area (Å²) in [6, 6.07) is 14.5. The van der Waals surface area contributed by atoms with Crippen LogP contribution in [0.5, 0.6) is 0 Å². The molecule has 2 aromatic carbocycles. The highest BCUT2D eigenvalue weighted by Gasteiger charge is 2.22. The van der Waals surface area contributed by atoms with Crippen molar-refractivity contribution in [3.05, 3.63) is 59.4 Å². The molecule has 0 atom stereocenters. The molecule has 1 saturated carbocycles. The van der Waals surface area contributed by atoms with Crippen LogP contribution in [0.4, 0.5) is 26.4 Å². The molecule has 1 heterocycles. The van der Waals surface area contributed by atoms with Crippen LogP contribution in [0, 0.1) is 11.7 Å². The molecule has 3 N–H and O–H groups in total. The number of amides is 2. The quantitative estimate of drug-likeness (QED) is 0.421. The van der Waals surface area contributed by atoms with Crippen LogP contribution in [0.25, 0.3) is 10.9 Å². The maximum Gasteiger partial charge on any atom is 0.319 e. The number of nitrogens with one attached hydrogen (secondary N) is 3. The number of carbonyl (C=O) groups excluding carboxylic acids is 1. The van der Waals surface area contributed by atoms with Gasteiger partial charge in [0, 0.05) is 49.5 Å². The third-order valence-corrected chi connectivity index (χ3v) is 6.39. The van der Waals surface area contributed by atoms with Crippen molar-refractivity contribution < 1.29 is 9.18 Å². The lowest BCUT2D eigenvalue weighted by Gasteiger charge is -2.30. The molecule has 3 aromatic rings. The van der Waals surface area contributed by atoms with E-state index in [1.807, 2.05) is 32.3 Å². The van der Waals surface area contributed by atoms with Crippen molar-refractivity contribution in [2.45, 2.75) is 31.7 Å². The van der Waals surface area contributed by atoms with Gasteiger partial charge in [-0.05, 0) is 55.9 Å². The van der Waals surface area contributed by atoms with Gasteiger partial charge in [0.05, 0.1) is 10.5 Å². The van der Waals surface area contributed by atoms with Gasteiger partial charge in [-0.2, -0.15) is 0 Å². The fourth-order valence-electron chi connectivity index (χ4n) is 4.31. The van der Waals surface area contributed by atoms with Gasteiger partial charge in [-0.15, -0.1) is 0 Å². The molecule has 1 aromatic heterocycles. The number of benzene rings is 2. The lowest BCUT2D eigenvalue weighted by molar-refractivity contribution is 0.246. The molecule has 6 nitrogen and oxygen atoms in total. The number of fused-ring (bicyclic) bond motifs is 1. The lowest BCUT2D eigenvalue weighted by Crippen LogP contribution is -2.36. The van der Waals surface area contributed by atoms with Crippen molar-refractivity contribution in [1.82, 2.24) is 10.3 Å². The van der Waals surface area contributed by atoms with Crippen LogP contribution in [0.2, 0.25) is 5.02 Å². The fourth-order valence-corrected chi connectivity index (χ4v) is 4.49. The summed E-state index contributed by atoms with van der Waals surface area (Å²) in [4.78, 5) is 19.1. The molecule has 0 spiro atoms. The molecular formula is C25H29ClFN5O. The second-order valence-electron chi connectivity index (χ2n) is 8.76. The van der Waals surface area contributed by atoms with Crippen molar-refractivity contribution in [3.63, 3.8) is 0 Å². The van der Waals surface area contributed by atoms with Crippen LogP contribution < -0.4 is 20.9 Å². The minimum Gasteiger partial charge on any atom is -0.377 e. The first-order chi connectivity index (χ1) is 15.9. The predicted octanol–water partition coefficient (Wildman–Crippen LogP) is 5.89. The first-order valence-corrected chi connectivity index (χ1v) is 11.6. The van der Waals surface area contributed by atoms with Crippen LogP contribution in [0.3, 0.4) is 0 Å². The van der Waals surface area contributed by atoms with Crippen molar-refractivity contribution in [2.24, 2.45) is 5.92 Å². The average molecular weight is 470 g/mol. The summed E-state index contributed by atoms with van der Waals surface area (Å²) in [5, 5.41) is 10.4. The minimum absolute atomic E-state index is 0.0165. The minimum atomic E-state index is -0.509. The number of carbonyl (C=O) groups is 1. The summed E-state index contributed by atoms with van der Waals surface area (Å²) in [6.07, 6.45) is 4.09. The highest BCUT2D eigenvalue weighted by Crippen LogP contribution is 2.30. The zero-order valence-corrected chi connectivity index (χ0v) is 19.6. The largest absolute Gasteiger partial charge is 0.377 e.